The molecule has 6 heteroatoms. The lowest BCUT2D eigenvalue weighted by molar-refractivity contribution is -0.385. The van der Waals surface area contributed by atoms with Crippen LogP contribution in [-0.2, 0) is 0 Å². The summed E-state index contributed by atoms with van der Waals surface area (Å²) in [5.74, 6) is 3.06. The molecular weight excluding hydrogens is 306 g/mol. The molecule has 0 amide bonds. The van der Waals surface area contributed by atoms with Crippen LogP contribution in [0.15, 0.2) is 36.5 Å². The first-order valence-corrected chi connectivity index (χ1v) is 10.5. The van der Waals surface area contributed by atoms with E-state index in [1.807, 2.05) is 0 Å². The van der Waals surface area contributed by atoms with Gasteiger partial charge in [0, 0.05) is 11.6 Å². The number of nitro groups is 1. The molecule has 0 bridgehead atoms. The molecular formula is C17H15N3O2Si. The van der Waals surface area contributed by atoms with Crippen LogP contribution in [0.4, 0.5) is 5.69 Å². The molecule has 0 fully saturated rings. The van der Waals surface area contributed by atoms with Gasteiger partial charge in [-0.25, -0.2) is 4.98 Å². The molecule has 0 saturated carbocycles. The van der Waals surface area contributed by atoms with Gasteiger partial charge in [-0.05, 0) is 12.1 Å². The van der Waals surface area contributed by atoms with Crippen LogP contribution in [0.1, 0.15) is 11.1 Å². The smallest absolute Gasteiger partial charge is 0.258 e. The minimum Gasteiger partial charge on any atom is -0.258 e. The lowest BCUT2D eigenvalue weighted by atomic mass is 10.0. The number of nitriles is 1. The van der Waals surface area contributed by atoms with Crippen LogP contribution in [0.3, 0.4) is 0 Å². The molecule has 0 aliphatic heterocycles. The molecule has 5 nitrogen and oxygen atoms in total. The lowest BCUT2D eigenvalue weighted by Crippen LogP contribution is -2.16. The van der Waals surface area contributed by atoms with Gasteiger partial charge in [0.25, 0.3) is 5.69 Å². The summed E-state index contributed by atoms with van der Waals surface area (Å²) >= 11 is 0. The second-order valence-electron chi connectivity index (χ2n) is 6.04. The molecule has 0 aliphatic carbocycles. The first kappa shape index (κ1) is 16.4. The van der Waals surface area contributed by atoms with Crippen LogP contribution in [0.25, 0.3) is 11.3 Å². The van der Waals surface area contributed by atoms with Gasteiger partial charge < -0.3 is 0 Å². The monoisotopic (exact) mass is 321 g/mol. The zero-order chi connectivity index (χ0) is 17.0. The van der Waals surface area contributed by atoms with Crippen molar-refractivity contribution in [1.29, 1.82) is 5.26 Å². The fourth-order valence-electron chi connectivity index (χ4n) is 1.84. The summed E-state index contributed by atoms with van der Waals surface area (Å²) in [6.07, 6.45) is 1.23. The molecule has 0 aliphatic rings. The number of nitrogens with zero attached hydrogens (tertiary/aromatic N) is 3. The average molecular weight is 321 g/mol. The van der Waals surface area contributed by atoms with E-state index in [1.165, 1.54) is 12.3 Å². The summed E-state index contributed by atoms with van der Waals surface area (Å²) in [7, 11) is -1.62. The first-order chi connectivity index (χ1) is 10.8. The molecule has 0 radical (unpaired) electrons. The molecule has 0 spiro atoms. The van der Waals surface area contributed by atoms with Crippen molar-refractivity contribution in [2.75, 3.05) is 0 Å². The van der Waals surface area contributed by atoms with E-state index in [4.69, 9.17) is 5.26 Å². The van der Waals surface area contributed by atoms with Gasteiger partial charge in [0.05, 0.1) is 27.8 Å². The van der Waals surface area contributed by atoms with Crippen molar-refractivity contribution in [2.24, 2.45) is 0 Å². The standard InChI is InChI=1S/C17H15N3O2Si/c1-23(2,3)9-8-15-10-16(20(21)22)12-19-17(15)14-6-4-13(11-18)5-7-14/h4-7,10,12H,1-3H3. The third-order valence-electron chi connectivity index (χ3n) is 2.94. The van der Waals surface area contributed by atoms with E-state index in [1.54, 1.807) is 24.3 Å². The maximum atomic E-state index is 11.0. The number of hydrogen-bond donors (Lipinski definition) is 0. The Balaban J connectivity index is 2.59. The Hall–Kier alpha value is -2.96. The van der Waals surface area contributed by atoms with Crippen molar-refractivity contribution in [1.82, 2.24) is 4.98 Å². The predicted octanol–water partition coefficient (Wildman–Crippen LogP) is 3.76. The van der Waals surface area contributed by atoms with Gasteiger partial charge in [-0.1, -0.05) is 37.7 Å². The van der Waals surface area contributed by atoms with Gasteiger partial charge in [0.15, 0.2) is 0 Å². The van der Waals surface area contributed by atoms with Crippen LogP contribution in [0, 0.1) is 32.9 Å². The largest absolute Gasteiger partial charge is 0.288 e. The fraction of sp³-hybridized carbons (Fsp3) is 0.176. The highest BCUT2D eigenvalue weighted by Crippen LogP contribution is 2.24. The Morgan fingerprint density at radius 3 is 2.39 bits per heavy atom. The second-order valence-corrected chi connectivity index (χ2v) is 10.8. The molecule has 23 heavy (non-hydrogen) atoms. The minimum absolute atomic E-state index is 0.0812. The third-order valence-corrected chi connectivity index (χ3v) is 3.82. The average Bonchev–Trinajstić information content (AvgIpc) is 2.52. The summed E-state index contributed by atoms with van der Waals surface area (Å²) in [6.45, 7) is 6.31. The Morgan fingerprint density at radius 1 is 1.22 bits per heavy atom. The molecule has 114 valence electrons. The van der Waals surface area contributed by atoms with Crippen molar-refractivity contribution >= 4 is 13.8 Å². The number of pyridine rings is 1. The normalized spacial score (nSPS) is 10.3. The summed E-state index contributed by atoms with van der Waals surface area (Å²) in [5, 5.41) is 19.8. The van der Waals surface area contributed by atoms with Gasteiger partial charge in [0.2, 0.25) is 0 Å². The van der Waals surface area contributed by atoms with E-state index < -0.39 is 13.0 Å². The van der Waals surface area contributed by atoms with Gasteiger partial charge in [-0.15, -0.1) is 5.54 Å². The Morgan fingerprint density at radius 2 is 1.87 bits per heavy atom. The Labute approximate surface area is 135 Å². The van der Waals surface area contributed by atoms with E-state index in [-0.39, 0.29) is 5.69 Å². The maximum absolute atomic E-state index is 11.0. The highest BCUT2D eigenvalue weighted by molar-refractivity contribution is 6.83. The zero-order valence-electron chi connectivity index (χ0n) is 13.1. The molecule has 1 heterocycles. The number of benzene rings is 1. The Kier molecular flexibility index (Phi) is 4.59. The van der Waals surface area contributed by atoms with Gasteiger partial charge in [0.1, 0.15) is 14.3 Å². The van der Waals surface area contributed by atoms with E-state index in [2.05, 4.69) is 42.2 Å². The van der Waals surface area contributed by atoms with Crippen LogP contribution in [0.5, 0.6) is 0 Å². The van der Waals surface area contributed by atoms with Crippen LogP contribution < -0.4 is 0 Å². The van der Waals surface area contributed by atoms with E-state index in [0.29, 0.717) is 16.8 Å². The summed E-state index contributed by atoms with van der Waals surface area (Å²) < 4.78 is 0. The summed E-state index contributed by atoms with van der Waals surface area (Å²) in [5.41, 5.74) is 5.58. The van der Waals surface area contributed by atoms with Crippen LogP contribution >= 0.6 is 0 Å². The fourth-order valence-corrected chi connectivity index (χ4v) is 2.35. The zero-order valence-corrected chi connectivity index (χ0v) is 14.1. The van der Waals surface area contributed by atoms with Crippen molar-refractivity contribution in [2.45, 2.75) is 19.6 Å². The minimum atomic E-state index is -1.62. The van der Waals surface area contributed by atoms with Crippen molar-refractivity contribution in [3.63, 3.8) is 0 Å². The predicted molar refractivity (Wildman–Crippen MR) is 91.3 cm³/mol. The van der Waals surface area contributed by atoms with Crippen molar-refractivity contribution in [3.05, 3.63) is 57.8 Å². The SMILES string of the molecule is C[Si](C)(C)C#Cc1cc([N+](=O)[O-])cnc1-c1ccc(C#N)cc1. The molecule has 0 unspecified atom stereocenters. The second kappa shape index (κ2) is 6.43. The molecule has 0 atom stereocenters. The van der Waals surface area contributed by atoms with Crippen molar-refractivity contribution in [3.8, 4) is 28.8 Å². The van der Waals surface area contributed by atoms with Crippen LogP contribution in [0.2, 0.25) is 19.6 Å². The lowest BCUT2D eigenvalue weighted by Gasteiger charge is -2.06. The maximum Gasteiger partial charge on any atom is 0.288 e. The molecule has 1 aromatic heterocycles. The molecule has 2 aromatic rings. The van der Waals surface area contributed by atoms with Crippen LogP contribution in [-0.4, -0.2) is 18.0 Å². The van der Waals surface area contributed by atoms with Crippen molar-refractivity contribution < 1.29 is 4.92 Å². The Bertz CT molecular complexity index is 851. The quantitative estimate of drug-likeness (QED) is 0.365. The van der Waals surface area contributed by atoms with E-state index >= 15 is 0 Å². The first-order valence-electron chi connectivity index (χ1n) is 6.98. The topological polar surface area (TPSA) is 79.8 Å². The van der Waals surface area contributed by atoms with Gasteiger partial charge >= 0.3 is 0 Å². The van der Waals surface area contributed by atoms with Gasteiger partial charge in [-0.2, -0.15) is 5.26 Å². The highest BCUT2D eigenvalue weighted by Gasteiger charge is 2.14. The summed E-state index contributed by atoms with van der Waals surface area (Å²) in [4.78, 5) is 14.7. The number of hydrogen-bond acceptors (Lipinski definition) is 4. The molecule has 2 rings (SSSR count). The molecule has 0 saturated heterocycles. The highest BCUT2D eigenvalue weighted by atomic mass is 28.3. The van der Waals surface area contributed by atoms with E-state index in [0.717, 1.165) is 5.56 Å². The summed E-state index contributed by atoms with van der Waals surface area (Å²) in [6, 6.07) is 10.4. The molecule has 0 N–H and O–H groups in total. The van der Waals surface area contributed by atoms with Gasteiger partial charge in [-0.3, -0.25) is 10.1 Å². The van der Waals surface area contributed by atoms with E-state index in [9.17, 15) is 10.1 Å². The number of rotatable bonds is 2. The molecule has 1 aromatic carbocycles. The third kappa shape index (κ3) is 4.25. The number of aromatic nitrogens is 1.